The van der Waals surface area contributed by atoms with Crippen LogP contribution < -0.4 is 5.32 Å². The third-order valence-corrected chi connectivity index (χ3v) is 4.14. The number of halogens is 3. The monoisotopic (exact) mass is 428 g/mol. The van der Waals surface area contributed by atoms with E-state index in [1.165, 1.54) is 0 Å². The lowest BCUT2D eigenvalue weighted by atomic mass is 10.2. The van der Waals surface area contributed by atoms with Crippen LogP contribution in [-0.2, 0) is 0 Å². The summed E-state index contributed by atoms with van der Waals surface area (Å²) in [6.45, 7) is 0. The van der Waals surface area contributed by atoms with Crippen molar-refractivity contribution in [2.75, 3.05) is 5.32 Å². The Hall–Kier alpha value is -0.830. The molecule has 0 radical (unpaired) electrons. The van der Waals surface area contributed by atoms with Gasteiger partial charge in [-0.25, -0.2) is 0 Å². The van der Waals surface area contributed by atoms with E-state index in [-0.39, 0.29) is 0 Å². The quantitative estimate of drug-likeness (QED) is 0.674. The van der Waals surface area contributed by atoms with E-state index in [2.05, 4.69) is 59.2 Å². The third-order valence-electron chi connectivity index (χ3n) is 2.30. The highest BCUT2D eigenvalue weighted by Gasteiger charge is 2.05. The van der Waals surface area contributed by atoms with Gasteiger partial charge < -0.3 is 5.32 Å². The standard InChI is InChI=1S/C13H7Br3N2/c14-9-2-3-10(15)13(6-9)18-12-4-1-8(7-17)5-11(12)16/h1-6,18H. The Bertz CT molecular complexity index is 633. The molecule has 0 spiro atoms. The van der Waals surface area contributed by atoms with Crippen molar-refractivity contribution in [3.8, 4) is 6.07 Å². The highest BCUT2D eigenvalue weighted by Crippen LogP contribution is 2.32. The van der Waals surface area contributed by atoms with Crippen molar-refractivity contribution in [3.05, 3.63) is 55.4 Å². The first-order valence-corrected chi connectivity index (χ1v) is 7.40. The van der Waals surface area contributed by atoms with Crippen molar-refractivity contribution < 1.29 is 0 Å². The molecule has 0 bridgehead atoms. The fraction of sp³-hybridized carbons (Fsp3) is 0. The summed E-state index contributed by atoms with van der Waals surface area (Å²) in [6, 6.07) is 13.4. The zero-order valence-electron chi connectivity index (χ0n) is 9.05. The molecule has 0 aliphatic heterocycles. The van der Waals surface area contributed by atoms with Crippen LogP contribution in [-0.4, -0.2) is 0 Å². The fourth-order valence-electron chi connectivity index (χ4n) is 1.42. The summed E-state index contributed by atoms with van der Waals surface area (Å²) in [5.41, 5.74) is 2.49. The van der Waals surface area contributed by atoms with Crippen molar-refractivity contribution >= 4 is 59.2 Å². The molecule has 18 heavy (non-hydrogen) atoms. The van der Waals surface area contributed by atoms with Gasteiger partial charge >= 0.3 is 0 Å². The number of hydrogen-bond acceptors (Lipinski definition) is 2. The predicted molar refractivity (Wildman–Crippen MR) is 84.0 cm³/mol. The smallest absolute Gasteiger partial charge is 0.0992 e. The lowest BCUT2D eigenvalue weighted by molar-refractivity contribution is 1.45. The van der Waals surface area contributed by atoms with E-state index in [9.17, 15) is 0 Å². The van der Waals surface area contributed by atoms with Crippen molar-refractivity contribution in [3.63, 3.8) is 0 Å². The number of anilines is 2. The molecular formula is C13H7Br3N2. The Morgan fingerprint density at radius 1 is 0.889 bits per heavy atom. The molecule has 0 unspecified atom stereocenters. The minimum atomic E-state index is 0.626. The minimum Gasteiger partial charge on any atom is -0.354 e. The summed E-state index contributed by atoms with van der Waals surface area (Å²) in [5, 5.41) is 12.1. The van der Waals surface area contributed by atoms with Crippen LogP contribution in [0.5, 0.6) is 0 Å². The summed E-state index contributed by atoms with van der Waals surface area (Å²) >= 11 is 10.4. The zero-order valence-corrected chi connectivity index (χ0v) is 13.8. The van der Waals surface area contributed by atoms with Crippen LogP contribution >= 0.6 is 47.8 Å². The summed E-state index contributed by atoms with van der Waals surface area (Å²) in [7, 11) is 0. The first kappa shape index (κ1) is 13.6. The Labute approximate surface area is 130 Å². The van der Waals surface area contributed by atoms with Gasteiger partial charge in [-0.1, -0.05) is 15.9 Å². The van der Waals surface area contributed by atoms with Gasteiger partial charge in [0.1, 0.15) is 0 Å². The molecule has 1 N–H and O–H groups in total. The fourth-order valence-corrected chi connectivity index (χ4v) is 2.61. The maximum absolute atomic E-state index is 8.82. The third kappa shape index (κ3) is 3.14. The average Bonchev–Trinajstić information content (AvgIpc) is 2.36. The Kier molecular flexibility index (Phi) is 4.44. The van der Waals surface area contributed by atoms with Gasteiger partial charge in [-0.2, -0.15) is 5.26 Å². The molecule has 0 saturated heterocycles. The van der Waals surface area contributed by atoms with Crippen LogP contribution in [0.4, 0.5) is 11.4 Å². The van der Waals surface area contributed by atoms with Crippen LogP contribution in [0, 0.1) is 11.3 Å². The second kappa shape index (κ2) is 5.87. The van der Waals surface area contributed by atoms with E-state index in [1.54, 1.807) is 12.1 Å². The Morgan fingerprint density at radius 2 is 1.67 bits per heavy atom. The normalized spacial score (nSPS) is 9.89. The van der Waals surface area contributed by atoms with E-state index in [1.807, 2.05) is 24.3 Å². The number of benzene rings is 2. The van der Waals surface area contributed by atoms with Crippen molar-refractivity contribution in [1.29, 1.82) is 5.26 Å². The number of nitrogens with zero attached hydrogens (tertiary/aromatic N) is 1. The predicted octanol–water partition coefficient (Wildman–Crippen LogP) is 5.59. The highest BCUT2D eigenvalue weighted by atomic mass is 79.9. The van der Waals surface area contributed by atoms with Gasteiger partial charge in [-0.15, -0.1) is 0 Å². The van der Waals surface area contributed by atoms with Crippen LogP contribution in [0.15, 0.2) is 49.8 Å². The molecule has 0 aliphatic carbocycles. The number of rotatable bonds is 2. The van der Waals surface area contributed by atoms with Gasteiger partial charge in [0.05, 0.1) is 23.0 Å². The van der Waals surface area contributed by atoms with Gasteiger partial charge in [0, 0.05) is 13.4 Å². The first-order valence-electron chi connectivity index (χ1n) is 5.02. The Morgan fingerprint density at radius 3 is 2.33 bits per heavy atom. The van der Waals surface area contributed by atoms with Gasteiger partial charge in [0.15, 0.2) is 0 Å². The molecule has 0 amide bonds. The van der Waals surface area contributed by atoms with Crippen molar-refractivity contribution in [2.45, 2.75) is 0 Å². The van der Waals surface area contributed by atoms with Gasteiger partial charge in [0.25, 0.3) is 0 Å². The first-order chi connectivity index (χ1) is 8.60. The number of hydrogen-bond donors (Lipinski definition) is 1. The number of nitriles is 1. The topological polar surface area (TPSA) is 35.8 Å². The van der Waals surface area contributed by atoms with E-state index >= 15 is 0 Å². The summed E-state index contributed by atoms with van der Waals surface area (Å²) in [6.07, 6.45) is 0. The minimum absolute atomic E-state index is 0.626. The number of nitrogens with one attached hydrogen (secondary N) is 1. The van der Waals surface area contributed by atoms with Gasteiger partial charge in [-0.3, -0.25) is 0 Å². The highest BCUT2D eigenvalue weighted by molar-refractivity contribution is 9.11. The molecule has 2 aromatic rings. The van der Waals surface area contributed by atoms with E-state index < -0.39 is 0 Å². The second-order valence-corrected chi connectivity index (χ2v) is 6.18. The van der Waals surface area contributed by atoms with E-state index in [0.29, 0.717) is 5.56 Å². The molecule has 0 fully saturated rings. The van der Waals surface area contributed by atoms with Crippen LogP contribution in [0.1, 0.15) is 5.56 Å². The molecule has 0 heterocycles. The van der Waals surface area contributed by atoms with E-state index in [0.717, 1.165) is 24.8 Å². The molecule has 2 aromatic carbocycles. The lowest BCUT2D eigenvalue weighted by Gasteiger charge is -2.11. The second-order valence-electron chi connectivity index (χ2n) is 3.56. The van der Waals surface area contributed by atoms with Gasteiger partial charge in [0.2, 0.25) is 0 Å². The molecule has 90 valence electrons. The van der Waals surface area contributed by atoms with Crippen molar-refractivity contribution in [2.24, 2.45) is 0 Å². The van der Waals surface area contributed by atoms with Gasteiger partial charge in [-0.05, 0) is 68.3 Å². The molecular weight excluding hydrogens is 424 g/mol. The van der Waals surface area contributed by atoms with Crippen LogP contribution in [0.3, 0.4) is 0 Å². The summed E-state index contributed by atoms with van der Waals surface area (Å²) in [4.78, 5) is 0. The summed E-state index contributed by atoms with van der Waals surface area (Å²) < 4.78 is 2.83. The molecule has 0 atom stereocenters. The molecule has 0 aliphatic rings. The van der Waals surface area contributed by atoms with Crippen LogP contribution in [0.25, 0.3) is 0 Å². The molecule has 0 saturated carbocycles. The molecule has 2 rings (SSSR count). The van der Waals surface area contributed by atoms with Crippen LogP contribution in [0.2, 0.25) is 0 Å². The van der Waals surface area contributed by atoms with Crippen molar-refractivity contribution in [1.82, 2.24) is 0 Å². The zero-order chi connectivity index (χ0) is 13.1. The lowest BCUT2D eigenvalue weighted by Crippen LogP contribution is -1.93. The maximum Gasteiger partial charge on any atom is 0.0992 e. The average molecular weight is 431 g/mol. The Balaban J connectivity index is 2.34. The summed E-state index contributed by atoms with van der Waals surface area (Å²) in [5.74, 6) is 0. The maximum atomic E-state index is 8.82. The molecule has 5 heteroatoms. The SMILES string of the molecule is N#Cc1ccc(Nc2cc(Br)ccc2Br)c(Br)c1. The largest absolute Gasteiger partial charge is 0.354 e. The molecule has 2 nitrogen and oxygen atoms in total. The van der Waals surface area contributed by atoms with E-state index in [4.69, 9.17) is 5.26 Å². The molecule has 0 aromatic heterocycles.